The monoisotopic (exact) mass is 294 g/mol. The summed E-state index contributed by atoms with van der Waals surface area (Å²) in [5, 5.41) is 2.60. The second-order valence-corrected chi connectivity index (χ2v) is 4.59. The van der Waals surface area contributed by atoms with Crippen molar-refractivity contribution in [2.24, 2.45) is 0 Å². The van der Waals surface area contributed by atoms with Crippen LogP contribution in [-0.4, -0.2) is 10.9 Å². The highest BCUT2D eigenvalue weighted by Crippen LogP contribution is 2.19. The highest BCUT2D eigenvalue weighted by molar-refractivity contribution is 9.10. The van der Waals surface area contributed by atoms with Gasteiger partial charge in [0.25, 0.3) is 5.91 Å². The van der Waals surface area contributed by atoms with Gasteiger partial charge in [-0.1, -0.05) is 11.6 Å². The number of hydrogen-bond donors (Lipinski definition) is 1. The highest BCUT2D eigenvalue weighted by Gasteiger charge is 2.12. The maximum atomic E-state index is 12.0. The molecule has 4 nitrogen and oxygen atoms in total. The van der Waals surface area contributed by atoms with Gasteiger partial charge < -0.3 is 4.42 Å². The number of aromatic nitrogens is 1. The molecule has 88 valence electrons. The lowest BCUT2D eigenvalue weighted by molar-refractivity contribution is 0.102. The van der Waals surface area contributed by atoms with Crippen LogP contribution in [0.5, 0.6) is 0 Å². The Balaban J connectivity index is 2.22. The van der Waals surface area contributed by atoms with Crippen molar-refractivity contribution in [3.8, 4) is 0 Å². The minimum atomic E-state index is -0.248. The minimum Gasteiger partial charge on any atom is -0.432 e. The van der Waals surface area contributed by atoms with Gasteiger partial charge in [0.05, 0.1) is 11.3 Å². The number of rotatable bonds is 2. The number of oxazole rings is 1. The predicted octanol–water partition coefficient (Wildman–Crippen LogP) is 3.31. The third-order valence-corrected chi connectivity index (χ3v) is 2.90. The first kappa shape index (κ1) is 11.9. The van der Waals surface area contributed by atoms with Gasteiger partial charge in [-0.2, -0.15) is 4.98 Å². The lowest BCUT2D eigenvalue weighted by Gasteiger charge is -2.04. The van der Waals surface area contributed by atoms with Crippen LogP contribution in [0.2, 0.25) is 0 Å². The van der Waals surface area contributed by atoms with Crippen molar-refractivity contribution >= 4 is 27.9 Å². The Kier molecular flexibility index (Phi) is 3.28. The van der Waals surface area contributed by atoms with Crippen LogP contribution in [-0.2, 0) is 0 Å². The number of aryl methyl sites for hydroxylation is 2. The van der Waals surface area contributed by atoms with Crippen molar-refractivity contribution in [3.05, 3.63) is 45.8 Å². The van der Waals surface area contributed by atoms with Gasteiger partial charge in [-0.15, -0.1) is 0 Å². The SMILES string of the molecule is Cc1ccc(Br)c(C(=O)Nc2nc(C)co2)c1. The molecule has 2 rings (SSSR count). The predicted molar refractivity (Wildman–Crippen MR) is 68.1 cm³/mol. The Hall–Kier alpha value is -1.62. The molecule has 0 unspecified atom stereocenters. The fraction of sp³-hybridized carbons (Fsp3) is 0.167. The Bertz CT molecular complexity index is 563. The molecule has 0 radical (unpaired) electrons. The quantitative estimate of drug-likeness (QED) is 0.924. The fourth-order valence-electron chi connectivity index (χ4n) is 1.39. The summed E-state index contributed by atoms with van der Waals surface area (Å²) < 4.78 is 5.81. The lowest BCUT2D eigenvalue weighted by atomic mass is 10.1. The van der Waals surface area contributed by atoms with E-state index >= 15 is 0 Å². The summed E-state index contributed by atoms with van der Waals surface area (Å²) in [5.41, 5.74) is 2.30. The van der Waals surface area contributed by atoms with Crippen LogP contribution in [0, 0.1) is 13.8 Å². The van der Waals surface area contributed by atoms with Crippen molar-refractivity contribution < 1.29 is 9.21 Å². The summed E-state index contributed by atoms with van der Waals surface area (Å²) in [6.45, 7) is 3.72. The molecule has 5 heteroatoms. The Morgan fingerprint density at radius 2 is 2.18 bits per heavy atom. The van der Waals surface area contributed by atoms with Crippen LogP contribution in [0.15, 0.2) is 33.4 Å². The van der Waals surface area contributed by atoms with Crippen LogP contribution in [0.25, 0.3) is 0 Å². The van der Waals surface area contributed by atoms with E-state index in [0.717, 1.165) is 15.7 Å². The number of amides is 1. The number of nitrogens with one attached hydrogen (secondary N) is 1. The molecule has 1 aromatic heterocycles. The van der Waals surface area contributed by atoms with Gasteiger partial charge in [0.1, 0.15) is 6.26 Å². The van der Waals surface area contributed by atoms with Gasteiger partial charge in [-0.25, -0.2) is 0 Å². The third-order valence-electron chi connectivity index (χ3n) is 2.21. The number of carbonyl (C=O) groups is 1. The van der Waals surface area contributed by atoms with Crippen LogP contribution in [0.1, 0.15) is 21.6 Å². The summed E-state index contributed by atoms with van der Waals surface area (Å²) in [6.07, 6.45) is 1.49. The van der Waals surface area contributed by atoms with Crippen molar-refractivity contribution in [2.75, 3.05) is 5.32 Å². The fourth-order valence-corrected chi connectivity index (χ4v) is 1.82. The van der Waals surface area contributed by atoms with Gasteiger partial charge in [0.15, 0.2) is 0 Å². The van der Waals surface area contributed by atoms with E-state index in [-0.39, 0.29) is 11.9 Å². The number of carbonyl (C=O) groups excluding carboxylic acids is 1. The van der Waals surface area contributed by atoms with Crippen molar-refractivity contribution in [1.29, 1.82) is 0 Å². The second-order valence-electron chi connectivity index (χ2n) is 3.73. The van der Waals surface area contributed by atoms with E-state index < -0.39 is 0 Å². The number of hydrogen-bond acceptors (Lipinski definition) is 3. The molecule has 2 aromatic rings. The van der Waals surface area contributed by atoms with Crippen LogP contribution < -0.4 is 5.32 Å². The molecule has 0 aliphatic carbocycles. The van der Waals surface area contributed by atoms with E-state index in [0.29, 0.717) is 5.56 Å². The molecule has 1 heterocycles. The molecule has 0 saturated heterocycles. The number of anilines is 1. The van der Waals surface area contributed by atoms with E-state index in [9.17, 15) is 4.79 Å². The minimum absolute atomic E-state index is 0.209. The summed E-state index contributed by atoms with van der Waals surface area (Å²) in [4.78, 5) is 16.0. The zero-order chi connectivity index (χ0) is 12.4. The largest absolute Gasteiger partial charge is 0.432 e. The van der Waals surface area contributed by atoms with E-state index in [4.69, 9.17) is 4.42 Å². The molecule has 0 saturated carbocycles. The molecule has 1 N–H and O–H groups in total. The topological polar surface area (TPSA) is 55.1 Å². The average Bonchev–Trinajstić information content (AvgIpc) is 2.67. The normalized spacial score (nSPS) is 10.3. The van der Waals surface area contributed by atoms with Crippen LogP contribution in [0.4, 0.5) is 6.01 Å². The Morgan fingerprint density at radius 1 is 1.41 bits per heavy atom. The highest BCUT2D eigenvalue weighted by atomic mass is 79.9. The Labute approximate surface area is 107 Å². The molecule has 17 heavy (non-hydrogen) atoms. The lowest BCUT2D eigenvalue weighted by Crippen LogP contribution is -2.13. The van der Waals surface area contributed by atoms with Crippen molar-refractivity contribution in [2.45, 2.75) is 13.8 Å². The van der Waals surface area contributed by atoms with Gasteiger partial charge in [-0.05, 0) is 41.9 Å². The molecular weight excluding hydrogens is 284 g/mol. The summed E-state index contributed by atoms with van der Waals surface area (Å²) >= 11 is 3.34. The second kappa shape index (κ2) is 4.71. The molecule has 1 amide bonds. The van der Waals surface area contributed by atoms with Crippen molar-refractivity contribution in [3.63, 3.8) is 0 Å². The van der Waals surface area contributed by atoms with E-state index in [1.807, 2.05) is 19.1 Å². The zero-order valence-corrected chi connectivity index (χ0v) is 11.0. The van der Waals surface area contributed by atoms with Gasteiger partial charge >= 0.3 is 6.01 Å². The third kappa shape index (κ3) is 2.74. The number of halogens is 1. The number of benzene rings is 1. The van der Waals surface area contributed by atoms with Crippen LogP contribution in [0.3, 0.4) is 0 Å². The molecule has 0 fully saturated rings. The van der Waals surface area contributed by atoms with E-state index in [1.165, 1.54) is 6.26 Å². The van der Waals surface area contributed by atoms with Crippen LogP contribution >= 0.6 is 15.9 Å². The summed E-state index contributed by atoms with van der Waals surface area (Å²) in [7, 11) is 0. The zero-order valence-electron chi connectivity index (χ0n) is 9.45. The molecule has 0 atom stereocenters. The first-order valence-corrected chi connectivity index (χ1v) is 5.85. The number of nitrogens with zero attached hydrogens (tertiary/aromatic N) is 1. The van der Waals surface area contributed by atoms with Gasteiger partial charge in [0.2, 0.25) is 0 Å². The molecule has 0 spiro atoms. The molecule has 0 bridgehead atoms. The summed E-state index contributed by atoms with van der Waals surface area (Å²) in [6, 6.07) is 5.78. The molecular formula is C12H11BrN2O2. The average molecular weight is 295 g/mol. The Morgan fingerprint density at radius 3 is 2.82 bits per heavy atom. The van der Waals surface area contributed by atoms with E-state index in [2.05, 4.69) is 26.2 Å². The first-order chi connectivity index (χ1) is 8.06. The van der Waals surface area contributed by atoms with Gasteiger partial charge in [-0.3, -0.25) is 10.1 Å². The maximum Gasteiger partial charge on any atom is 0.301 e. The molecule has 0 aliphatic rings. The smallest absolute Gasteiger partial charge is 0.301 e. The standard InChI is InChI=1S/C12H11BrN2O2/c1-7-3-4-10(13)9(5-7)11(16)15-12-14-8(2)6-17-12/h3-6H,1-2H3,(H,14,15,16). The molecule has 0 aliphatic heterocycles. The summed E-state index contributed by atoms with van der Waals surface area (Å²) in [5.74, 6) is -0.248. The first-order valence-electron chi connectivity index (χ1n) is 5.06. The maximum absolute atomic E-state index is 12.0. The van der Waals surface area contributed by atoms with E-state index in [1.54, 1.807) is 13.0 Å². The van der Waals surface area contributed by atoms with Crippen molar-refractivity contribution in [1.82, 2.24) is 4.98 Å². The van der Waals surface area contributed by atoms with Gasteiger partial charge in [0, 0.05) is 4.47 Å². The molecule has 1 aromatic carbocycles.